The second-order valence-electron chi connectivity index (χ2n) is 10.2. The first-order valence-electron chi connectivity index (χ1n) is 13.6. The van der Waals surface area contributed by atoms with E-state index in [1.165, 1.54) is 16.3 Å². The molecule has 2 aliphatic rings. The fourth-order valence-electron chi connectivity index (χ4n) is 5.59. The van der Waals surface area contributed by atoms with Gasteiger partial charge in [0.05, 0.1) is 31.4 Å². The van der Waals surface area contributed by atoms with Crippen molar-refractivity contribution in [3.63, 3.8) is 0 Å². The summed E-state index contributed by atoms with van der Waals surface area (Å²) in [5.74, 6) is 0.712. The molecule has 3 N–H and O–H groups in total. The fourth-order valence-corrected chi connectivity index (χ4v) is 5.71. The molecule has 0 aromatic heterocycles. The highest BCUT2D eigenvalue weighted by Gasteiger charge is 2.40. The molecule has 1 fully saturated rings. The number of hydrogen-bond donors (Lipinski definition) is 3. The first-order chi connectivity index (χ1) is 19.5. The average molecular weight is 554 g/mol. The van der Waals surface area contributed by atoms with Gasteiger partial charge in [-0.3, -0.25) is 9.79 Å². The minimum atomic E-state index is -0.345. The lowest BCUT2D eigenvalue weighted by atomic mass is 9.99. The van der Waals surface area contributed by atoms with Crippen LogP contribution < -0.4 is 25.8 Å². The number of hydrogen-bond acceptors (Lipinski definition) is 6. The summed E-state index contributed by atoms with van der Waals surface area (Å²) in [4.78, 5) is 20.8. The summed E-state index contributed by atoms with van der Waals surface area (Å²) < 4.78 is 5.57. The molecule has 3 atom stereocenters. The summed E-state index contributed by atoms with van der Waals surface area (Å²) in [6, 6.07) is 28.1. The minimum absolute atomic E-state index is 0.00428. The number of halogens is 1. The average Bonchev–Trinajstić information content (AvgIpc) is 3.30. The van der Waals surface area contributed by atoms with Crippen molar-refractivity contribution < 1.29 is 9.53 Å². The number of amides is 1. The van der Waals surface area contributed by atoms with Crippen molar-refractivity contribution in [2.24, 2.45) is 4.99 Å². The largest absolute Gasteiger partial charge is 0.497 e. The molecule has 3 unspecified atom stereocenters. The van der Waals surface area contributed by atoms with Crippen LogP contribution in [0.3, 0.4) is 0 Å². The van der Waals surface area contributed by atoms with Gasteiger partial charge in [-0.1, -0.05) is 66.2 Å². The van der Waals surface area contributed by atoms with Crippen molar-refractivity contribution >= 4 is 39.7 Å². The summed E-state index contributed by atoms with van der Waals surface area (Å²) in [5.41, 5.74) is 11.6. The van der Waals surface area contributed by atoms with Gasteiger partial charge in [-0.2, -0.15) is 0 Å². The predicted molar refractivity (Wildman–Crippen MR) is 161 cm³/mol. The van der Waals surface area contributed by atoms with Gasteiger partial charge in [0.15, 0.2) is 0 Å². The third-order valence-electron chi connectivity index (χ3n) is 7.62. The van der Waals surface area contributed by atoms with Gasteiger partial charge in [0.1, 0.15) is 11.9 Å². The Labute approximate surface area is 239 Å². The van der Waals surface area contributed by atoms with Crippen LogP contribution in [0.4, 0.5) is 5.69 Å². The zero-order valence-electron chi connectivity index (χ0n) is 22.5. The molecule has 0 aliphatic carbocycles. The van der Waals surface area contributed by atoms with Crippen LogP contribution in [0.1, 0.15) is 30.0 Å². The number of carbonyl (C=O) groups excluding carboxylic acids is 1. The molecule has 8 heteroatoms. The smallest absolute Gasteiger partial charge is 0.222 e. The van der Waals surface area contributed by atoms with Crippen molar-refractivity contribution in [2.45, 2.75) is 38.1 Å². The Bertz CT molecular complexity index is 1570. The van der Waals surface area contributed by atoms with Crippen LogP contribution in [0.25, 0.3) is 10.8 Å². The van der Waals surface area contributed by atoms with E-state index in [2.05, 4.69) is 64.4 Å². The van der Waals surface area contributed by atoms with Crippen LogP contribution in [-0.4, -0.2) is 43.6 Å². The molecule has 40 heavy (non-hydrogen) atoms. The van der Waals surface area contributed by atoms with E-state index in [0.717, 1.165) is 34.7 Å². The van der Waals surface area contributed by atoms with Gasteiger partial charge in [-0.25, -0.2) is 10.9 Å². The number of nitrogens with zero attached hydrogens (tertiary/aromatic N) is 2. The fraction of sp³-hybridized carbons (Fsp3) is 0.250. The third-order valence-corrected chi connectivity index (χ3v) is 7.87. The van der Waals surface area contributed by atoms with Crippen molar-refractivity contribution in [2.75, 3.05) is 18.6 Å². The van der Waals surface area contributed by atoms with E-state index in [1.807, 2.05) is 48.5 Å². The molecule has 4 aromatic carbocycles. The lowest BCUT2D eigenvalue weighted by Crippen LogP contribution is -2.47. The van der Waals surface area contributed by atoms with Gasteiger partial charge < -0.3 is 15.0 Å². The number of anilines is 1. The first-order valence-corrected chi connectivity index (χ1v) is 13.9. The molecule has 2 heterocycles. The molecule has 1 saturated heterocycles. The molecule has 6 rings (SSSR count). The Hall–Kier alpha value is -3.91. The van der Waals surface area contributed by atoms with E-state index in [0.29, 0.717) is 11.6 Å². The number of ether oxygens (including phenoxy) is 1. The Balaban J connectivity index is 1.26. The zero-order valence-corrected chi connectivity index (χ0v) is 23.3. The Morgan fingerprint density at radius 3 is 2.60 bits per heavy atom. The Morgan fingerprint density at radius 2 is 1.80 bits per heavy atom. The van der Waals surface area contributed by atoms with Gasteiger partial charge in [0, 0.05) is 28.4 Å². The summed E-state index contributed by atoms with van der Waals surface area (Å²) in [7, 11) is 1.66. The molecule has 204 valence electrons. The highest BCUT2D eigenvalue weighted by Crippen LogP contribution is 2.36. The SMILES string of the molecule is COc1ccc2c(c1)C(c1ccc(Cl)cc1)=NC(CC(=O)NCCc1ccc3ccccc3c1)C1NNC(C)N21. The highest BCUT2D eigenvalue weighted by atomic mass is 35.5. The number of carbonyl (C=O) groups is 1. The number of nitrogens with one attached hydrogen (secondary N) is 3. The van der Waals surface area contributed by atoms with Gasteiger partial charge in [-0.15, -0.1) is 0 Å². The lowest BCUT2D eigenvalue weighted by Gasteiger charge is -2.31. The molecular formula is C32H32ClN5O2. The standard InChI is InChI=1S/C32H32ClN5O2/c1-20-36-37-32-28(19-30(39)34-16-15-21-7-8-22-5-3-4-6-24(22)17-21)35-31(23-9-11-25(33)12-10-23)27-18-26(40-2)13-14-29(27)38(20)32/h3-14,17-18,20,28,32,36-37H,15-16,19H2,1-2H3,(H,34,39). The monoisotopic (exact) mass is 553 g/mol. The van der Waals surface area contributed by atoms with Crippen molar-refractivity contribution in [1.29, 1.82) is 0 Å². The van der Waals surface area contributed by atoms with Gasteiger partial charge >= 0.3 is 0 Å². The molecule has 7 nitrogen and oxygen atoms in total. The van der Waals surface area contributed by atoms with E-state index in [9.17, 15) is 4.79 Å². The third kappa shape index (κ3) is 5.28. The first kappa shape index (κ1) is 26.3. The second-order valence-corrected chi connectivity index (χ2v) is 10.7. The van der Waals surface area contributed by atoms with Crippen LogP contribution in [-0.2, 0) is 11.2 Å². The number of hydrazine groups is 1. The Kier molecular flexibility index (Phi) is 7.43. The predicted octanol–water partition coefficient (Wildman–Crippen LogP) is 5.06. The molecule has 0 bridgehead atoms. The van der Waals surface area contributed by atoms with Crippen LogP contribution in [0, 0.1) is 0 Å². The number of benzene rings is 4. The van der Waals surface area contributed by atoms with Gasteiger partial charge in [0.25, 0.3) is 0 Å². The number of aliphatic imine (C=N–C) groups is 1. The van der Waals surface area contributed by atoms with Crippen LogP contribution in [0.2, 0.25) is 5.02 Å². The van der Waals surface area contributed by atoms with E-state index in [-0.39, 0.29) is 30.7 Å². The van der Waals surface area contributed by atoms with Crippen molar-refractivity contribution in [1.82, 2.24) is 16.2 Å². The quantitative estimate of drug-likeness (QED) is 0.298. The molecule has 1 amide bonds. The van der Waals surface area contributed by atoms with E-state index >= 15 is 0 Å². The van der Waals surface area contributed by atoms with E-state index in [1.54, 1.807) is 7.11 Å². The summed E-state index contributed by atoms with van der Waals surface area (Å²) in [6.45, 7) is 2.65. The maximum atomic E-state index is 13.3. The van der Waals surface area contributed by atoms with Gasteiger partial charge in [0.2, 0.25) is 5.91 Å². The molecule has 0 spiro atoms. The van der Waals surface area contributed by atoms with E-state index in [4.69, 9.17) is 21.3 Å². The summed E-state index contributed by atoms with van der Waals surface area (Å²) in [5, 5.41) is 6.21. The Morgan fingerprint density at radius 1 is 1.00 bits per heavy atom. The maximum Gasteiger partial charge on any atom is 0.222 e. The van der Waals surface area contributed by atoms with Crippen LogP contribution in [0.5, 0.6) is 5.75 Å². The highest BCUT2D eigenvalue weighted by molar-refractivity contribution is 6.30. The zero-order chi connectivity index (χ0) is 27.6. The number of methoxy groups -OCH3 is 1. The number of fused-ring (bicyclic) bond motifs is 4. The molecule has 2 aliphatic heterocycles. The van der Waals surface area contributed by atoms with E-state index < -0.39 is 0 Å². The van der Waals surface area contributed by atoms with Crippen LogP contribution >= 0.6 is 11.6 Å². The minimum Gasteiger partial charge on any atom is -0.497 e. The number of rotatable bonds is 7. The molecule has 4 aromatic rings. The van der Waals surface area contributed by atoms with Crippen molar-refractivity contribution in [3.8, 4) is 5.75 Å². The maximum absolute atomic E-state index is 13.3. The topological polar surface area (TPSA) is 78.0 Å². The van der Waals surface area contributed by atoms with Gasteiger partial charge in [-0.05, 0) is 60.0 Å². The molecule has 0 saturated carbocycles. The van der Waals surface area contributed by atoms with Crippen LogP contribution in [0.15, 0.2) is 89.9 Å². The summed E-state index contributed by atoms with van der Waals surface area (Å²) in [6.07, 6.45) is 0.786. The normalized spacial score (nSPS) is 19.9. The van der Waals surface area contributed by atoms with Crippen molar-refractivity contribution in [3.05, 3.63) is 107 Å². The molecular weight excluding hydrogens is 522 g/mol. The summed E-state index contributed by atoms with van der Waals surface area (Å²) >= 11 is 6.21. The lowest BCUT2D eigenvalue weighted by molar-refractivity contribution is -0.121. The second kappa shape index (κ2) is 11.3. The molecule has 0 radical (unpaired) electrons.